The van der Waals surface area contributed by atoms with Crippen LogP contribution in [0.4, 0.5) is 0 Å². The molecule has 0 spiro atoms. The predicted molar refractivity (Wildman–Crippen MR) is 46.4 cm³/mol. The Kier molecular flexibility index (Phi) is 5.33. The Morgan fingerprint density at radius 1 is 1.58 bits per heavy atom. The molecule has 5 nitrogen and oxygen atoms in total. The van der Waals surface area contributed by atoms with Crippen molar-refractivity contribution >= 4 is 13.5 Å². The number of rotatable bonds is 5. The van der Waals surface area contributed by atoms with Crippen LogP contribution in [0.1, 0.15) is 13.8 Å². The van der Waals surface area contributed by atoms with Gasteiger partial charge in [-0.3, -0.25) is 14.0 Å². The number of aliphatic imine (C=N–C) groups is 1. The van der Waals surface area contributed by atoms with Crippen molar-refractivity contribution < 1.29 is 18.5 Å². The minimum atomic E-state index is -3.80. The molecule has 72 valence electrons. The van der Waals surface area contributed by atoms with Crippen molar-refractivity contribution in [3.63, 3.8) is 0 Å². The minimum Gasteiger partial charge on any atom is -0.303 e. The second-order valence-electron chi connectivity index (χ2n) is 2.31. The van der Waals surface area contributed by atoms with Crippen molar-refractivity contribution in [1.82, 2.24) is 0 Å². The van der Waals surface area contributed by atoms with Crippen LogP contribution in [-0.2, 0) is 13.6 Å². The fourth-order valence-corrected chi connectivity index (χ4v) is 0.896. The summed E-state index contributed by atoms with van der Waals surface area (Å²) < 4.78 is 19.4. The van der Waals surface area contributed by atoms with Crippen LogP contribution in [0, 0.1) is 0 Å². The molecule has 0 saturated carbocycles. The molecule has 0 aromatic carbocycles. The molecule has 1 unspecified atom stereocenters. The molecule has 0 radical (unpaired) electrons. The Labute approximate surface area is 72.0 Å². The highest BCUT2D eigenvalue weighted by atomic mass is 31.2. The van der Waals surface area contributed by atoms with E-state index >= 15 is 0 Å². The zero-order valence-corrected chi connectivity index (χ0v) is 8.38. The number of hydrogen-bond acceptors (Lipinski definition) is 4. The van der Waals surface area contributed by atoms with Crippen molar-refractivity contribution in [2.75, 3.05) is 20.3 Å². The Balaban J connectivity index is 3.57. The lowest BCUT2D eigenvalue weighted by molar-refractivity contribution is 0.177. The highest BCUT2D eigenvalue weighted by molar-refractivity contribution is 7.47. The third kappa shape index (κ3) is 6.49. The fourth-order valence-electron chi connectivity index (χ4n) is 0.478. The summed E-state index contributed by atoms with van der Waals surface area (Å²) in [5.41, 5.74) is 0.906. The molecule has 1 N–H and O–H groups in total. The summed E-state index contributed by atoms with van der Waals surface area (Å²) in [7, 11) is -2.68. The largest absolute Gasteiger partial charge is 0.471 e. The smallest absolute Gasteiger partial charge is 0.303 e. The number of nitrogens with zero attached hydrogens (tertiary/aromatic N) is 1. The maximum absolute atomic E-state index is 10.7. The standard InChI is InChI=1S/C6H14NO4P/c1-6(2)7-4-5-11-12(8,9)10-3/h4-5H2,1-3H3,(H,8,9). The summed E-state index contributed by atoms with van der Waals surface area (Å²) in [5, 5.41) is 0. The van der Waals surface area contributed by atoms with E-state index < -0.39 is 7.82 Å². The maximum Gasteiger partial charge on any atom is 0.471 e. The monoisotopic (exact) mass is 195 g/mol. The van der Waals surface area contributed by atoms with Crippen molar-refractivity contribution in [3.8, 4) is 0 Å². The molecule has 0 bridgehead atoms. The first kappa shape index (κ1) is 11.8. The molecule has 1 atom stereocenters. The van der Waals surface area contributed by atoms with Gasteiger partial charge in [0.2, 0.25) is 0 Å². The van der Waals surface area contributed by atoms with E-state index in [0.717, 1.165) is 12.8 Å². The van der Waals surface area contributed by atoms with E-state index in [-0.39, 0.29) is 6.61 Å². The molecular formula is C6H14NO4P. The van der Waals surface area contributed by atoms with Crippen molar-refractivity contribution in [3.05, 3.63) is 0 Å². The molecule has 0 heterocycles. The molecule has 0 aromatic rings. The van der Waals surface area contributed by atoms with E-state index in [4.69, 9.17) is 4.89 Å². The van der Waals surface area contributed by atoms with Gasteiger partial charge in [-0.1, -0.05) is 0 Å². The molecule has 0 rings (SSSR count). The van der Waals surface area contributed by atoms with Gasteiger partial charge in [0.05, 0.1) is 13.2 Å². The Bertz CT molecular complexity index is 200. The fraction of sp³-hybridized carbons (Fsp3) is 0.833. The molecule has 0 aliphatic heterocycles. The van der Waals surface area contributed by atoms with Gasteiger partial charge in [0.15, 0.2) is 0 Å². The van der Waals surface area contributed by atoms with E-state index in [9.17, 15) is 4.57 Å². The van der Waals surface area contributed by atoms with Crippen LogP contribution in [-0.4, -0.2) is 30.9 Å². The van der Waals surface area contributed by atoms with E-state index in [1.54, 1.807) is 0 Å². The summed E-state index contributed by atoms with van der Waals surface area (Å²) in [6.45, 7) is 4.15. The van der Waals surface area contributed by atoms with Gasteiger partial charge in [-0.2, -0.15) is 0 Å². The number of phosphoric ester groups is 1. The number of hydrogen-bond donors (Lipinski definition) is 1. The molecule has 12 heavy (non-hydrogen) atoms. The van der Waals surface area contributed by atoms with E-state index in [1.807, 2.05) is 13.8 Å². The molecule has 0 aliphatic rings. The van der Waals surface area contributed by atoms with Crippen LogP contribution in [0.3, 0.4) is 0 Å². The molecular weight excluding hydrogens is 181 g/mol. The lowest BCUT2D eigenvalue weighted by Crippen LogP contribution is -1.98. The first-order chi connectivity index (χ1) is 5.48. The Hall–Kier alpha value is -0.220. The average molecular weight is 195 g/mol. The summed E-state index contributed by atoms with van der Waals surface area (Å²) in [5.74, 6) is 0. The molecule has 0 saturated heterocycles. The van der Waals surface area contributed by atoms with E-state index in [1.165, 1.54) is 0 Å². The van der Waals surface area contributed by atoms with Gasteiger partial charge in [-0.05, 0) is 13.8 Å². The summed E-state index contributed by atoms with van der Waals surface area (Å²) in [4.78, 5) is 12.7. The highest BCUT2D eigenvalue weighted by Crippen LogP contribution is 2.41. The van der Waals surface area contributed by atoms with Gasteiger partial charge in [0, 0.05) is 12.8 Å². The number of phosphoric acid groups is 1. The second-order valence-corrected chi connectivity index (χ2v) is 3.87. The zero-order valence-electron chi connectivity index (χ0n) is 7.48. The third-order valence-electron chi connectivity index (χ3n) is 1.00. The zero-order chi connectivity index (χ0) is 9.61. The third-order valence-corrected chi connectivity index (χ3v) is 1.97. The van der Waals surface area contributed by atoms with Gasteiger partial charge in [-0.15, -0.1) is 0 Å². The SMILES string of the molecule is COP(=O)(O)OCCN=C(C)C. The maximum atomic E-state index is 10.7. The van der Waals surface area contributed by atoms with Crippen LogP contribution < -0.4 is 0 Å². The predicted octanol–water partition coefficient (Wildman–Crippen LogP) is 1.23. The summed E-state index contributed by atoms with van der Waals surface area (Å²) >= 11 is 0. The lowest BCUT2D eigenvalue weighted by atomic mass is 10.5. The van der Waals surface area contributed by atoms with Gasteiger partial charge in [0.25, 0.3) is 0 Å². The van der Waals surface area contributed by atoms with Crippen molar-refractivity contribution in [1.29, 1.82) is 0 Å². The summed E-state index contributed by atoms with van der Waals surface area (Å²) in [6, 6.07) is 0. The van der Waals surface area contributed by atoms with Gasteiger partial charge < -0.3 is 4.89 Å². The van der Waals surface area contributed by atoms with E-state index in [0.29, 0.717) is 6.54 Å². The Morgan fingerprint density at radius 2 is 2.17 bits per heavy atom. The van der Waals surface area contributed by atoms with Crippen molar-refractivity contribution in [2.45, 2.75) is 13.8 Å². The van der Waals surface area contributed by atoms with Crippen LogP contribution >= 0.6 is 7.82 Å². The first-order valence-corrected chi connectivity index (χ1v) is 4.98. The van der Waals surface area contributed by atoms with Crippen molar-refractivity contribution in [2.24, 2.45) is 4.99 Å². The quantitative estimate of drug-likeness (QED) is 0.407. The van der Waals surface area contributed by atoms with Gasteiger partial charge in [-0.25, -0.2) is 4.57 Å². The average Bonchev–Trinajstić information content (AvgIpc) is 1.98. The first-order valence-electron chi connectivity index (χ1n) is 3.48. The van der Waals surface area contributed by atoms with Gasteiger partial charge in [0.1, 0.15) is 0 Å². The second kappa shape index (κ2) is 5.43. The van der Waals surface area contributed by atoms with Gasteiger partial charge >= 0.3 is 7.82 Å². The normalized spacial score (nSPS) is 15.3. The molecule has 0 amide bonds. The molecule has 0 fully saturated rings. The Morgan fingerprint density at radius 3 is 2.58 bits per heavy atom. The molecule has 0 aromatic heterocycles. The van der Waals surface area contributed by atoms with Crippen LogP contribution in [0.25, 0.3) is 0 Å². The molecule has 0 aliphatic carbocycles. The highest BCUT2D eigenvalue weighted by Gasteiger charge is 2.16. The molecule has 6 heteroatoms. The van der Waals surface area contributed by atoms with E-state index in [2.05, 4.69) is 14.0 Å². The lowest BCUT2D eigenvalue weighted by Gasteiger charge is -2.06. The summed E-state index contributed by atoms with van der Waals surface area (Å²) in [6.07, 6.45) is 0. The van der Waals surface area contributed by atoms with Crippen LogP contribution in [0.5, 0.6) is 0 Å². The van der Waals surface area contributed by atoms with Crippen LogP contribution in [0.2, 0.25) is 0 Å². The minimum absolute atomic E-state index is 0.0901. The topological polar surface area (TPSA) is 68.1 Å². The van der Waals surface area contributed by atoms with Crippen LogP contribution in [0.15, 0.2) is 4.99 Å².